The van der Waals surface area contributed by atoms with E-state index in [1.807, 2.05) is 13.1 Å². The lowest BCUT2D eigenvalue weighted by atomic mass is 10.1. The van der Waals surface area contributed by atoms with Crippen molar-refractivity contribution < 1.29 is 0 Å². The molecule has 4 nitrogen and oxygen atoms in total. The van der Waals surface area contributed by atoms with Gasteiger partial charge in [-0.25, -0.2) is 0 Å². The highest BCUT2D eigenvalue weighted by Gasteiger charge is 2.24. The van der Waals surface area contributed by atoms with Crippen molar-refractivity contribution >= 4 is 47.2 Å². The number of hydrogen-bond donors (Lipinski definition) is 1. The molecule has 0 radical (unpaired) electrons. The Morgan fingerprint density at radius 3 is 2.57 bits per heavy atom. The number of benzene rings is 1. The Labute approximate surface area is 161 Å². The second-order valence-electron chi connectivity index (χ2n) is 6.28. The van der Waals surface area contributed by atoms with Crippen LogP contribution in [-0.4, -0.2) is 50.6 Å². The summed E-state index contributed by atoms with van der Waals surface area (Å²) in [7, 11) is 1.88. The number of halogens is 2. The van der Waals surface area contributed by atoms with Gasteiger partial charge in [-0.1, -0.05) is 17.7 Å². The van der Waals surface area contributed by atoms with Crippen molar-refractivity contribution in [3.05, 3.63) is 28.8 Å². The van der Waals surface area contributed by atoms with E-state index in [0.717, 1.165) is 49.6 Å². The zero-order valence-electron chi connectivity index (χ0n) is 13.9. The van der Waals surface area contributed by atoms with Crippen LogP contribution in [0.15, 0.2) is 23.2 Å². The second kappa shape index (κ2) is 8.42. The molecule has 0 bridgehead atoms. The molecule has 23 heavy (non-hydrogen) atoms. The third-order valence-corrected chi connectivity index (χ3v) is 4.78. The van der Waals surface area contributed by atoms with E-state index in [1.165, 1.54) is 24.1 Å². The van der Waals surface area contributed by atoms with Crippen LogP contribution in [0.1, 0.15) is 18.4 Å². The normalized spacial score (nSPS) is 18.7. The molecule has 0 spiro atoms. The quantitative estimate of drug-likeness (QED) is 0.437. The molecule has 0 amide bonds. The smallest absolute Gasteiger partial charge is 0.193 e. The van der Waals surface area contributed by atoms with Crippen LogP contribution < -0.4 is 10.2 Å². The summed E-state index contributed by atoms with van der Waals surface area (Å²) in [6.45, 7) is 7.22. The van der Waals surface area contributed by atoms with Crippen molar-refractivity contribution in [3.8, 4) is 0 Å². The van der Waals surface area contributed by atoms with Crippen molar-refractivity contribution in [2.75, 3.05) is 44.7 Å². The average molecular weight is 449 g/mol. The van der Waals surface area contributed by atoms with E-state index >= 15 is 0 Å². The molecule has 6 heteroatoms. The van der Waals surface area contributed by atoms with Crippen LogP contribution in [0.2, 0.25) is 5.02 Å². The maximum atomic E-state index is 6.15. The van der Waals surface area contributed by atoms with Gasteiger partial charge in [0, 0.05) is 50.5 Å². The third-order valence-electron chi connectivity index (χ3n) is 4.55. The molecule has 2 fully saturated rings. The van der Waals surface area contributed by atoms with Crippen molar-refractivity contribution in [2.45, 2.75) is 19.8 Å². The minimum Gasteiger partial charge on any atom is -0.368 e. The SMILES string of the molecule is CN=C(NCC1CC1)N1CCN(c2cc(Cl)ccc2C)CC1.I. The lowest BCUT2D eigenvalue weighted by Crippen LogP contribution is -2.53. The first-order chi connectivity index (χ1) is 10.7. The molecule has 1 heterocycles. The van der Waals surface area contributed by atoms with Gasteiger partial charge in [-0.05, 0) is 43.4 Å². The number of piperazine rings is 1. The first kappa shape index (κ1) is 18.6. The molecule has 2 aliphatic rings. The first-order valence-electron chi connectivity index (χ1n) is 8.14. The van der Waals surface area contributed by atoms with Gasteiger partial charge in [0.25, 0.3) is 0 Å². The fraction of sp³-hybridized carbons (Fsp3) is 0.588. The van der Waals surface area contributed by atoms with Gasteiger partial charge in [0.2, 0.25) is 0 Å². The predicted octanol–water partition coefficient (Wildman–Crippen LogP) is 3.37. The lowest BCUT2D eigenvalue weighted by molar-refractivity contribution is 0.372. The Bertz CT molecular complexity index is 552. The molecule has 1 saturated heterocycles. The fourth-order valence-electron chi connectivity index (χ4n) is 2.97. The van der Waals surface area contributed by atoms with Crippen LogP contribution in [0, 0.1) is 12.8 Å². The van der Waals surface area contributed by atoms with E-state index < -0.39 is 0 Å². The van der Waals surface area contributed by atoms with Gasteiger partial charge < -0.3 is 15.1 Å². The number of nitrogens with one attached hydrogen (secondary N) is 1. The molecule has 1 aromatic carbocycles. The largest absolute Gasteiger partial charge is 0.368 e. The predicted molar refractivity (Wildman–Crippen MR) is 109 cm³/mol. The molecule has 1 saturated carbocycles. The minimum absolute atomic E-state index is 0. The summed E-state index contributed by atoms with van der Waals surface area (Å²) >= 11 is 6.15. The van der Waals surface area contributed by atoms with Crippen molar-refractivity contribution in [3.63, 3.8) is 0 Å². The average Bonchev–Trinajstić information content (AvgIpc) is 3.35. The first-order valence-corrected chi connectivity index (χ1v) is 8.52. The van der Waals surface area contributed by atoms with E-state index in [1.54, 1.807) is 0 Å². The van der Waals surface area contributed by atoms with Crippen molar-refractivity contribution in [2.24, 2.45) is 10.9 Å². The maximum absolute atomic E-state index is 6.15. The molecular formula is C17H26ClIN4. The van der Waals surface area contributed by atoms with Crippen LogP contribution in [0.4, 0.5) is 5.69 Å². The van der Waals surface area contributed by atoms with Gasteiger partial charge >= 0.3 is 0 Å². The van der Waals surface area contributed by atoms with Gasteiger partial charge in [0.05, 0.1) is 0 Å². The molecule has 1 aliphatic carbocycles. The van der Waals surface area contributed by atoms with E-state index in [2.05, 4.69) is 39.2 Å². The molecule has 128 valence electrons. The molecule has 1 N–H and O–H groups in total. The Kier molecular flexibility index (Phi) is 6.83. The van der Waals surface area contributed by atoms with Crippen molar-refractivity contribution in [1.82, 2.24) is 10.2 Å². The van der Waals surface area contributed by atoms with Crippen LogP contribution >= 0.6 is 35.6 Å². The number of aryl methyl sites for hydroxylation is 1. The topological polar surface area (TPSA) is 30.9 Å². The van der Waals surface area contributed by atoms with E-state index in [9.17, 15) is 0 Å². The standard InChI is InChI=1S/C17H25ClN4.HI/c1-13-3-6-15(18)11-16(13)21-7-9-22(10-8-21)17(19-2)20-12-14-4-5-14;/h3,6,11,14H,4-5,7-10,12H2,1-2H3,(H,19,20);1H. The van der Waals surface area contributed by atoms with Crippen LogP contribution in [0.25, 0.3) is 0 Å². The molecule has 0 atom stereocenters. The van der Waals surface area contributed by atoms with E-state index in [0.29, 0.717) is 0 Å². The number of nitrogens with zero attached hydrogens (tertiary/aromatic N) is 3. The number of rotatable bonds is 3. The van der Waals surface area contributed by atoms with Crippen molar-refractivity contribution in [1.29, 1.82) is 0 Å². The fourth-order valence-corrected chi connectivity index (χ4v) is 3.14. The summed E-state index contributed by atoms with van der Waals surface area (Å²) < 4.78 is 0. The summed E-state index contributed by atoms with van der Waals surface area (Å²) in [4.78, 5) is 9.22. The van der Waals surface area contributed by atoms with E-state index in [-0.39, 0.29) is 24.0 Å². The summed E-state index contributed by atoms with van der Waals surface area (Å²) in [6.07, 6.45) is 2.73. The summed E-state index contributed by atoms with van der Waals surface area (Å²) in [6, 6.07) is 6.13. The zero-order chi connectivity index (χ0) is 15.5. The van der Waals surface area contributed by atoms with Crippen LogP contribution in [-0.2, 0) is 0 Å². The number of anilines is 1. The highest BCUT2D eigenvalue weighted by Crippen LogP contribution is 2.28. The van der Waals surface area contributed by atoms with Crippen LogP contribution in [0.5, 0.6) is 0 Å². The molecule has 0 unspecified atom stereocenters. The summed E-state index contributed by atoms with van der Waals surface area (Å²) in [5.74, 6) is 1.92. The molecular weight excluding hydrogens is 423 g/mol. The molecule has 1 aliphatic heterocycles. The highest BCUT2D eigenvalue weighted by molar-refractivity contribution is 14.0. The lowest BCUT2D eigenvalue weighted by Gasteiger charge is -2.38. The Balaban J connectivity index is 0.00000192. The number of hydrogen-bond acceptors (Lipinski definition) is 2. The Hall–Kier alpha value is -0.690. The molecule has 0 aromatic heterocycles. The second-order valence-corrected chi connectivity index (χ2v) is 6.71. The zero-order valence-corrected chi connectivity index (χ0v) is 17.0. The van der Waals surface area contributed by atoms with Gasteiger partial charge in [0.1, 0.15) is 0 Å². The van der Waals surface area contributed by atoms with Crippen LogP contribution in [0.3, 0.4) is 0 Å². The maximum Gasteiger partial charge on any atom is 0.193 e. The molecule has 3 rings (SSSR count). The Morgan fingerprint density at radius 1 is 1.26 bits per heavy atom. The van der Waals surface area contributed by atoms with Gasteiger partial charge in [-0.3, -0.25) is 4.99 Å². The van der Waals surface area contributed by atoms with Gasteiger partial charge in [-0.15, -0.1) is 24.0 Å². The van der Waals surface area contributed by atoms with E-state index in [4.69, 9.17) is 11.6 Å². The summed E-state index contributed by atoms with van der Waals surface area (Å²) in [5.41, 5.74) is 2.54. The Morgan fingerprint density at radius 2 is 1.96 bits per heavy atom. The minimum atomic E-state index is 0. The van der Waals surface area contributed by atoms with Gasteiger partial charge in [-0.2, -0.15) is 0 Å². The number of guanidine groups is 1. The molecule has 1 aromatic rings. The van der Waals surface area contributed by atoms with Gasteiger partial charge in [0.15, 0.2) is 5.96 Å². The highest BCUT2D eigenvalue weighted by atomic mass is 127. The number of aliphatic imine (C=N–C) groups is 1. The third kappa shape index (κ3) is 4.89. The summed E-state index contributed by atoms with van der Waals surface area (Å²) in [5, 5.41) is 4.32. The monoisotopic (exact) mass is 448 g/mol.